The van der Waals surface area contributed by atoms with Gasteiger partial charge in [0.1, 0.15) is 23.3 Å². The Morgan fingerprint density at radius 2 is 1.95 bits per heavy atom. The molecule has 0 bridgehead atoms. The molecule has 2 aliphatic heterocycles. The zero-order valence-electron chi connectivity index (χ0n) is 23.0. The van der Waals surface area contributed by atoms with Crippen molar-refractivity contribution >= 4 is 11.6 Å². The lowest BCUT2D eigenvalue weighted by atomic mass is 9.89. The summed E-state index contributed by atoms with van der Waals surface area (Å²) in [5.41, 5.74) is 0.574. The Kier molecular flexibility index (Phi) is 8.32. The first-order valence-corrected chi connectivity index (χ1v) is 13.5. The maximum absolute atomic E-state index is 15.6. The van der Waals surface area contributed by atoms with E-state index in [0.717, 1.165) is 23.8 Å². The number of aromatic nitrogens is 1. The first-order chi connectivity index (χ1) is 19.8. The van der Waals surface area contributed by atoms with Gasteiger partial charge in [0.25, 0.3) is 0 Å². The van der Waals surface area contributed by atoms with Crippen molar-refractivity contribution in [2.45, 2.75) is 30.7 Å². The number of pyridine rings is 1. The van der Waals surface area contributed by atoms with Gasteiger partial charge in [0.2, 0.25) is 5.88 Å². The number of carbonyl (C=O) groups excluding carboxylic acids is 1. The van der Waals surface area contributed by atoms with Crippen molar-refractivity contribution in [2.75, 3.05) is 40.4 Å². The number of nitrogens with zero attached hydrogens (tertiary/aromatic N) is 4. The first-order valence-electron chi connectivity index (χ1n) is 13.5. The molecule has 0 spiro atoms. The zero-order valence-corrected chi connectivity index (χ0v) is 23.0. The van der Waals surface area contributed by atoms with Crippen LogP contribution in [0.3, 0.4) is 0 Å². The maximum atomic E-state index is 15.6. The molecule has 1 saturated heterocycles. The summed E-state index contributed by atoms with van der Waals surface area (Å²) in [6.07, 6.45) is 2.40. The van der Waals surface area contributed by atoms with E-state index in [0.29, 0.717) is 36.5 Å². The molecule has 3 heterocycles. The number of amides is 2. The van der Waals surface area contributed by atoms with E-state index < -0.39 is 42.0 Å². The van der Waals surface area contributed by atoms with E-state index in [4.69, 9.17) is 4.74 Å². The Hall–Kier alpha value is -3.89. The Morgan fingerprint density at radius 1 is 1.17 bits per heavy atom. The summed E-state index contributed by atoms with van der Waals surface area (Å²) < 4.78 is 49.6. The fourth-order valence-electron chi connectivity index (χ4n) is 5.81. The van der Waals surface area contributed by atoms with Crippen molar-refractivity contribution < 1.29 is 27.8 Å². The molecule has 2 unspecified atom stereocenters. The van der Waals surface area contributed by atoms with E-state index in [-0.39, 0.29) is 18.7 Å². The van der Waals surface area contributed by atoms with Gasteiger partial charge in [0.15, 0.2) is 0 Å². The van der Waals surface area contributed by atoms with Gasteiger partial charge in [-0.1, -0.05) is 36.4 Å². The largest absolute Gasteiger partial charge is 0.481 e. The molecule has 216 valence electrons. The number of carbonyl (C=O) groups is 1. The van der Waals surface area contributed by atoms with Crippen LogP contribution in [-0.2, 0) is 12.1 Å². The first kappa shape index (κ1) is 28.6. The number of urea groups is 1. The number of benzene rings is 2. The van der Waals surface area contributed by atoms with Gasteiger partial charge in [-0.05, 0) is 47.4 Å². The molecular weight excluding hydrogens is 533 g/mol. The molecule has 3 atom stereocenters. The molecule has 0 radical (unpaired) electrons. The van der Waals surface area contributed by atoms with Crippen molar-refractivity contribution in [1.29, 1.82) is 0 Å². The second-order valence-electron chi connectivity index (χ2n) is 10.5. The predicted molar refractivity (Wildman–Crippen MR) is 149 cm³/mol. The molecular formula is C31H33F3N4O3. The lowest BCUT2D eigenvalue weighted by Crippen LogP contribution is -2.58. The highest BCUT2D eigenvalue weighted by Crippen LogP contribution is 2.41. The highest BCUT2D eigenvalue weighted by atomic mass is 19.1. The zero-order chi connectivity index (χ0) is 29.1. The second kappa shape index (κ2) is 11.9. The molecule has 1 fully saturated rings. The van der Waals surface area contributed by atoms with Gasteiger partial charge >= 0.3 is 6.03 Å². The molecule has 1 N–H and O–H groups in total. The van der Waals surface area contributed by atoms with Crippen molar-refractivity contribution in [1.82, 2.24) is 19.7 Å². The maximum Gasteiger partial charge on any atom is 0.321 e. The average Bonchev–Trinajstić information content (AvgIpc) is 3.39. The molecule has 2 amide bonds. The Balaban J connectivity index is 1.37. The predicted octanol–water partition coefficient (Wildman–Crippen LogP) is 4.62. The van der Waals surface area contributed by atoms with Crippen LogP contribution in [0.1, 0.15) is 23.1 Å². The van der Waals surface area contributed by atoms with E-state index in [1.54, 1.807) is 56.8 Å². The van der Waals surface area contributed by atoms with Gasteiger partial charge in [-0.15, -0.1) is 0 Å². The number of ether oxygens (including phenoxy) is 1. The van der Waals surface area contributed by atoms with Gasteiger partial charge < -0.3 is 19.6 Å². The van der Waals surface area contributed by atoms with Gasteiger partial charge in [-0.3, -0.25) is 4.90 Å². The van der Waals surface area contributed by atoms with E-state index >= 15 is 4.39 Å². The number of piperidine rings is 1. The number of halogens is 3. The second-order valence-corrected chi connectivity index (χ2v) is 10.5. The fraction of sp³-hybridized carbons (Fsp3) is 0.355. The fourth-order valence-corrected chi connectivity index (χ4v) is 5.81. The summed E-state index contributed by atoms with van der Waals surface area (Å²) in [5, 5.41) is 10.7. The standard InChI is InChI=1S/C31H33F3N4O3/c1-36(28-12-13-37(19-27(28)34)17-21-8-11-29(41-2)35-16-21)30(40)38-18-22(25-14-24(32)9-10-26(25)33)15-31(38,20-39)23-6-4-3-5-7-23/h3-11,14-16,27-28,39H,12-13,17-20H2,1-2H3/t27?,28?,31-/m1/s1. The van der Waals surface area contributed by atoms with Crippen LogP contribution >= 0.6 is 0 Å². The number of hydrogen-bond acceptors (Lipinski definition) is 5. The molecule has 2 aromatic carbocycles. The Labute approximate surface area is 237 Å². The van der Waals surface area contributed by atoms with Crippen molar-refractivity contribution in [3.63, 3.8) is 0 Å². The molecule has 3 aromatic rings. The minimum Gasteiger partial charge on any atom is -0.481 e. The van der Waals surface area contributed by atoms with E-state index in [9.17, 15) is 18.7 Å². The summed E-state index contributed by atoms with van der Waals surface area (Å²) >= 11 is 0. The Bertz CT molecular complexity index is 1410. The third kappa shape index (κ3) is 5.67. The number of rotatable bonds is 7. The number of hydrogen-bond donors (Lipinski definition) is 1. The molecule has 41 heavy (non-hydrogen) atoms. The van der Waals surface area contributed by atoms with Crippen molar-refractivity contribution in [3.8, 4) is 5.88 Å². The Morgan fingerprint density at radius 3 is 2.61 bits per heavy atom. The number of alkyl halides is 1. The van der Waals surface area contributed by atoms with Crippen LogP contribution in [0.15, 0.2) is 72.9 Å². The minimum atomic E-state index is -1.34. The number of aliphatic hydroxyl groups is 1. The van der Waals surface area contributed by atoms with Crippen LogP contribution in [0.4, 0.5) is 18.0 Å². The lowest BCUT2D eigenvalue weighted by Gasteiger charge is -2.44. The van der Waals surface area contributed by atoms with Gasteiger partial charge in [0.05, 0.1) is 19.8 Å². The van der Waals surface area contributed by atoms with Crippen LogP contribution < -0.4 is 4.74 Å². The third-order valence-electron chi connectivity index (χ3n) is 8.05. The summed E-state index contributed by atoms with van der Waals surface area (Å²) in [7, 11) is 3.10. The normalized spacial score (nSPS) is 22.9. The number of likely N-dealkylation sites (tertiary alicyclic amines) is 1. The third-order valence-corrected chi connectivity index (χ3v) is 8.05. The van der Waals surface area contributed by atoms with Gasteiger partial charge in [-0.25, -0.2) is 22.9 Å². The number of aliphatic hydroxyl groups excluding tert-OH is 1. The molecule has 1 aromatic heterocycles. The van der Waals surface area contributed by atoms with Crippen LogP contribution in [0.2, 0.25) is 0 Å². The molecule has 0 aliphatic carbocycles. The molecule has 10 heteroatoms. The van der Waals surface area contributed by atoms with Crippen LogP contribution in [0.5, 0.6) is 5.88 Å². The SMILES string of the molecule is COc1ccc(CN2CCC(N(C)C(=O)N3CC(c4cc(F)ccc4F)=C[C@@]3(CO)c3ccccc3)C(F)C2)cn1. The van der Waals surface area contributed by atoms with Gasteiger partial charge in [-0.2, -0.15) is 0 Å². The van der Waals surface area contributed by atoms with Crippen molar-refractivity contribution in [2.24, 2.45) is 0 Å². The minimum absolute atomic E-state index is 0.0152. The average molecular weight is 567 g/mol. The highest BCUT2D eigenvalue weighted by Gasteiger charge is 2.47. The van der Waals surface area contributed by atoms with Gasteiger partial charge in [0, 0.05) is 51.1 Å². The topological polar surface area (TPSA) is 69.1 Å². The van der Waals surface area contributed by atoms with E-state index in [2.05, 4.69) is 4.98 Å². The number of methoxy groups -OCH3 is 1. The van der Waals surface area contributed by atoms with Crippen LogP contribution in [-0.4, -0.2) is 83.4 Å². The quantitative estimate of drug-likeness (QED) is 0.452. The lowest BCUT2D eigenvalue weighted by molar-refractivity contribution is 0.0335. The summed E-state index contributed by atoms with van der Waals surface area (Å²) in [4.78, 5) is 23.0. The van der Waals surface area contributed by atoms with Crippen LogP contribution in [0, 0.1) is 11.6 Å². The summed E-state index contributed by atoms with van der Waals surface area (Å²) in [6.45, 7) is 0.637. The van der Waals surface area contributed by atoms with Crippen LogP contribution in [0.25, 0.3) is 5.57 Å². The molecule has 0 saturated carbocycles. The molecule has 7 nitrogen and oxygen atoms in total. The molecule has 2 aliphatic rings. The van der Waals surface area contributed by atoms with Crippen molar-refractivity contribution in [3.05, 3.63) is 101 Å². The molecule has 5 rings (SSSR count). The monoisotopic (exact) mass is 566 g/mol. The summed E-state index contributed by atoms with van der Waals surface area (Å²) in [5.74, 6) is -0.746. The van der Waals surface area contributed by atoms with E-state index in [1.165, 1.54) is 9.80 Å². The highest BCUT2D eigenvalue weighted by molar-refractivity contribution is 5.83. The summed E-state index contributed by atoms with van der Waals surface area (Å²) in [6, 6.07) is 14.5. The van der Waals surface area contributed by atoms with E-state index in [1.807, 2.05) is 17.0 Å². The smallest absolute Gasteiger partial charge is 0.321 e.